The van der Waals surface area contributed by atoms with Crippen LogP contribution in [0.2, 0.25) is 0 Å². The lowest BCUT2D eigenvalue weighted by atomic mass is 10.1. The van der Waals surface area contributed by atoms with Crippen molar-refractivity contribution in [1.82, 2.24) is 10.1 Å². The zero-order chi connectivity index (χ0) is 16.1. The van der Waals surface area contributed by atoms with Gasteiger partial charge < -0.3 is 18.9 Å². The van der Waals surface area contributed by atoms with E-state index in [0.717, 1.165) is 11.3 Å². The number of aromatic nitrogens is 1. The Kier molecular flexibility index (Phi) is 5.04. The molecule has 1 atom stereocenters. The summed E-state index contributed by atoms with van der Waals surface area (Å²) >= 11 is 0. The molecule has 0 radical (unpaired) electrons. The zero-order valence-corrected chi connectivity index (χ0v) is 13.2. The van der Waals surface area contributed by atoms with Crippen molar-refractivity contribution in [2.24, 2.45) is 0 Å². The first-order valence-electron chi connectivity index (χ1n) is 6.93. The first-order chi connectivity index (χ1) is 10.6. The summed E-state index contributed by atoms with van der Waals surface area (Å²) in [7, 11) is 4.90. The van der Waals surface area contributed by atoms with Crippen LogP contribution in [0, 0.1) is 0 Å². The van der Waals surface area contributed by atoms with Crippen LogP contribution in [0.15, 0.2) is 35.1 Å². The fraction of sp³-hybridized carbons (Fsp3) is 0.375. The molecule has 0 aliphatic carbocycles. The molecular formula is C16H20N2O4. The van der Waals surface area contributed by atoms with Crippen LogP contribution in [0.3, 0.4) is 0 Å². The molecule has 0 saturated heterocycles. The van der Waals surface area contributed by atoms with Crippen LogP contribution in [0.1, 0.15) is 24.2 Å². The van der Waals surface area contributed by atoms with E-state index in [1.54, 1.807) is 38.3 Å². The number of amides is 1. The SMILES string of the molecule is COc1ccc(CC(=O)N(C)C(C)c2ccon2)cc1OC. The van der Waals surface area contributed by atoms with E-state index in [4.69, 9.17) is 14.0 Å². The number of benzene rings is 1. The number of carbonyl (C=O) groups excluding carboxylic acids is 1. The van der Waals surface area contributed by atoms with E-state index in [2.05, 4.69) is 5.16 Å². The second-order valence-corrected chi connectivity index (χ2v) is 4.97. The van der Waals surface area contributed by atoms with Gasteiger partial charge in [-0.05, 0) is 24.6 Å². The lowest BCUT2D eigenvalue weighted by molar-refractivity contribution is -0.131. The largest absolute Gasteiger partial charge is 0.493 e. The Balaban J connectivity index is 2.08. The van der Waals surface area contributed by atoms with E-state index >= 15 is 0 Å². The van der Waals surface area contributed by atoms with E-state index < -0.39 is 0 Å². The number of hydrogen-bond acceptors (Lipinski definition) is 5. The molecule has 0 aliphatic heterocycles. The van der Waals surface area contributed by atoms with E-state index in [0.29, 0.717) is 11.5 Å². The molecule has 1 unspecified atom stereocenters. The van der Waals surface area contributed by atoms with E-state index in [-0.39, 0.29) is 18.4 Å². The van der Waals surface area contributed by atoms with Gasteiger partial charge in [0.05, 0.1) is 26.7 Å². The van der Waals surface area contributed by atoms with Crippen molar-refractivity contribution >= 4 is 5.91 Å². The maximum absolute atomic E-state index is 12.4. The minimum absolute atomic E-state index is 0.0114. The number of nitrogens with zero attached hydrogens (tertiary/aromatic N) is 2. The third-order valence-corrected chi connectivity index (χ3v) is 3.66. The molecule has 0 N–H and O–H groups in total. The molecule has 0 saturated carbocycles. The monoisotopic (exact) mass is 304 g/mol. The average molecular weight is 304 g/mol. The van der Waals surface area contributed by atoms with Gasteiger partial charge in [-0.15, -0.1) is 0 Å². The second kappa shape index (κ2) is 6.98. The lowest BCUT2D eigenvalue weighted by Gasteiger charge is -2.23. The third kappa shape index (κ3) is 3.39. The van der Waals surface area contributed by atoms with Crippen molar-refractivity contribution in [2.45, 2.75) is 19.4 Å². The fourth-order valence-electron chi connectivity index (χ4n) is 2.14. The summed E-state index contributed by atoms with van der Waals surface area (Å²) in [5.41, 5.74) is 1.59. The van der Waals surface area contributed by atoms with Gasteiger partial charge in [0, 0.05) is 13.1 Å². The summed E-state index contributed by atoms with van der Waals surface area (Å²) in [5, 5.41) is 3.87. The van der Waals surface area contributed by atoms with Gasteiger partial charge in [0.1, 0.15) is 12.0 Å². The van der Waals surface area contributed by atoms with Gasteiger partial charge >= 0.3 is 0 Å². The first kappa shape index (κ1) is 15.9. The molecule has 1 heterocycles. The van der Waals surface area contributed by atoms with Crippen molar-refractivity contribution in [3.05, 3.63) is 41.8 Å². The molecule has 6 heteroatoms. The Morgan fingerprint density at radius 3 is 2.59 bits per heavy atom. The summed E-state index contributed by atoms with van der Waals surface area (Å²) in [6.45, 7) is 1.91. The highest BCUT2D eigenvalue weighted by Gasteiger charge is 2.20. The second-order valence-electron chi connectivity index (χ2n) is 4.97. The van der Waals surface area contributed by atoms with E-state index in [9.17, 15) is 4.79 Å². The van der Waals surface area contributed by atoms with Crippen LogP contribution in [-0.2, 0) is 11.2 Å². The summed E-state index contributed by atoms with van der Waals surface area (Å²) in [4.78, 5) is 14.0. The quantitative estimate of drug-likeness (QED) is 0.820. The van der Waals surface area contributed by atoms with Gasteiger partial charge in [0.25, 0.3) is 0 Å². The molecule has 0 aliphatic rings. The number of hydrogen-bond donors (Lipinski definition) is 0. The van der Waals surface area contributed by atoms with Crippen molar-refractivity contribution in [1.29, 1.82) is 0 Å². The Morgan fingerprint density at radius 1 is 1.27 bits per heavy atom. The van der Waals surface area contributed by atoms with Crippen molar-refractivity contribution in [2.75, 3.05) is 21.3 Å². The maximum atomic E-state index is 12.4. The molecule has 118 valence electrons. The first-order valence-corrected chi connectivity index (χ1v) is 6.93. The predicted molar refractivity (Wildman–Crippen MR) is 80.9 cm³/mol. The molecule has 2 aromatic rings. The van der Waals surface area contributed by atoms with Crippen molar-refractivity contribution in [3.63, 3.8) is 0 Å². The normalized spacial score (nSPS) is 11.8. The highest BCUT2D eigenvalue weighted by atomic mass is 16.5. The van der Waals surface area contributed by atoms with Crippen molar-refractivity contribution < 1.29 is 18.8 Å². The molecule has 1 aromatic heterocycles. The molecule has 2 rings (SSSR count). The zero-order valence-electron chi connectivity index (χ0n) is 13.2. The van der Waals surface area contributed by atoms with Crippen LogP contribution < -0.4 is 9.47 Å². The maximum Gasteiger partial charge on any atom is 0.227 e. The van der Waals surface area contributed by atoms with Gasteiger partial charge in [0.15, 0.2) is 11.5 Å². The van der Waals surface area contributed by atoms with Crippen LogP contribution >= 0.6 is 0 Å². The summed E-state index contributed by atoms with van der Waals surface area (Å²) in [6.07, 6.45) is 1.78. The summed E-state index contributed by atoms with van der Waals surface area (Å²) < 4.78 is 15.3. The molecule has 6 nitrogen and oxygen atoms in total. The molecule has 0 fully saturated rings. The van der Waals surface area contributed by atoms with Crippen LogP contribution in [0.25, 0.3) is 0 Å². The summed E-state index contributed by atoms with van der Waals surface area (Å²) in [5.74, 6) is 1.24. The molecule has 1 aromatic carbocycles. The predicted octanol–water partition coefficient (Wildman–Crippen LogP) is 2.45. The molecular weight excluding hydrogens is 284 g/mol. The standard InChI is InChI=1S/C16H20N2O4/c1-11(13-7-8-22-17-13)18(2)16(19)10-12-5-6-14(20-3)15(9-12)21-4/h5-9,11H,10H2,1-4H3. The average Bonchev–Trinajstić information content (AvgIpc) is 3.07. The number of carbonyl (C=O) groups is 1. The number of methoxy groups -OCH3 is 2. The number of ether oxygens (including phenoxy) is 2. The minimum Gasteiger partial charge on any atom is -0.493 e. The van der Waals surface area contributed by atoms with Gasteiger partial charge in [-0.3, -0.25) is 4.79 Å². The smallest absolute Gasteiger partial charge is 0.227 e. The Hall–Kier alpha value is -2.50. The van der Waals surface area contributed by atoms with Gasteiger partial charge in [0.2, 0.25) is 5.91 Å². The Morgan fingerprint density at radius 2 is 2.00 bits per heavy atom. The van der Waals surface area contributed by atoms with Crippen LogP contribution in [0.4, 0.5) is 0 Å². The highest BCUT2D eigenvalue weighted by molar-refractivity contribution is 5.79. The van der Waals surface area contributed by atoms with E-state index in [1.165, 1.54) is 6.26 Å². The summed E-state index contributed by atoms with van der Waals surface area (Å²) in [6, 6.07) is 7.07. The van der Waals surface area contributed by atoms with Gasteiger partial charge in [-0.2, -0.15) is 0 Å². The van der Waals surface area contributed by atoms with E-state index in [1.807, 2.05) is 19.1 Å². The van der Waals surface area contributed by atoms with Gasteiger partial charge in [-0.25, -0.2) is 0 Å². The van der Waals surface area contributed by atoms with Crippen LogP contribution in [0.5, 0.6) is 11.5 Å². The molecule has 0 bridgehead atoms. The number of rotatable bonds is 6. The fourth-order valence-corrected chi connectivity index (χ4v) is 2.14. The van der Waals surface area contributed by atoms with Crippen LogP contribution in [-0.4, -0.2) is 37.2 Å². The lowest BCUT2D eigenvalue weighted by Crippen LogP contribution is -2.31. The Bertz CT molecular complexity index is 625. The topological polar surface area (TPSA) is 64.8 Å². The minimum atomic E-state index is -0.147. The van der Waals surface area contributed by atoms with Gasteiger partial charge in [-0.1, -0.05) is 11.2 Å². The molecule has 22 heavy (non-hydrogen) atoms. The van der Waals surface area contributed by atoms with Crippen molar-refractivity contribution in [3.8, 4) is 11.5 Å². The molecule has 1 amide bonds. The third-order valence-electron chi connectivity index (χ3n) is 3.66. The molecule has 0 spiro atoms. The number of likely N-dealkylation sites (N-methyl/N-ethyl adjacent to an activating group) is 1. The highest BCUT2D eigenvalue weighted by Crippen LogP contribution is 2.28. The Labute approximate surface area is 129 Å².